The van der Waals surface area contributed by atoms with Crippen LogP contribution >= 0.6 is 0 Å². The zero-order valence-electron chi connectivity index (χ0n) is 9.20. The van der Waals surface area contributed by atoms with Crippen LogP contribution in [0.3, 0.4) is 0 Å². The highest BCUT2D eigenvalue weighted by molar-refractivity contribution is 7.84. The van der Waals surface area contributed by atoms with Gasteiger partial charge in [-0.2, -0.15) is 0 Å². The number of hydrogen-bond donors (Lipinski definition) is 1. The van der Waals surface area contributed by atoms with E-state index in [9.17, 15) is 9.00 Å². The van der Waals surface area contributed by atoms with Crippen molar-refractivity contribution in [2.45, 2.75) is 31.6 Å². The molecule has 0 fully saturated rings. The predicted octanol–water partition coefficient (Wildman–Crippen LogP) is 0.295. The van der Waals surface area contributed by atoms with Gasteiger partial charge in [0.25, 0.3) is 0 Å². The van der Waals surface area contributed by atoms with Gasteiger partial charge in [0.2, 0.25) is 0 Å². The third-order valence-corrected chi connectivity index (χ3v) is 3.32. The molecular formula is C9H19NO3S. The molecule has 0 aliphatic rings. The molecule has 0 spiro atoms. The largest absolute Gasteiger partial charge is 0.469 e. The Hall–Kier alpha value is -0.420. The molecule has 14 heavy (non-hydrogen) atoms. The average molecular weight is 221 g/mol. The molecule has 0 amide bonds. The first-order valence-electron chi connectivity index (χ1n) is 4.59. The van der Waals surface area contributed by atoms with Gasteiger partial charge in [-0.15, -0.1) is 0 Å². The third-order valence-electron chi connectivity index (χ3n) is 2.02. The summed E-state index contributed by atoms with van der Waals surface area (Å²) in [6, 6.07) is 0.0634. The highest BCUT2D eigenvalue weighted by Crippen LogP contribution is 1.95. The van der Waals surface area contributed by atoms with Gasteiger partial charge in [-0.3, -0.25) is 9.00 Å². The maximum atomic E-state index is 11.0. The van der Waals surface area contributed by atoms with Gasteiger partial charge in [-0.25, -0.2) is 0 Å². The monoisotopic (exact) mass is 221 g/mol. The van der Waals surface area contributed by atoms with E-state index in [1.165, 1.54) is 7.11 Å². The summed E-state index contributed by atoms with van der Waals surface area (Å²) in [6.45, 7) is 4.47. The van der Waals surface area contributed by atoms with Crippen LogP contribution in [-0.2, 0) is 20.3 Å². The summed E-state index contributed by atoms with van der Waals surface area (Å²) in [5, 5.41) is 3.24. The average Bonchev–Trinajstić information content (AvgIpc) is 2.13. The van der Waals surface area contributed by atoms with Crippen molar-refractivity contribution in [1.29, 1.82) is 0 Å². The summed E-state index contributed by atoms with van der Waals surface area (Å²) in [4.78, 5) is 10.9. The molecule has 4 nitrogen and oxygen atoms in total. The zero-order chi connectivity index (χ0) is 11.1. The molecule has 0 saturated carbocycles. The van der Waals surface area contributed by atoms with Crippen molar-refractivity contribution in [2.75, 3.05) is 19.9 Å². The van der Waals surface area contributed by atoms with Crippen LogP contribution in [0.2, 0.25) is 0 Å². The van der Waals surface area contributed by atoms with Crippen molar-refractivity contribution >= 4 is 16.8 Å². The molecule has 0 aliphatic heterocycles. The van der Waals surface area contributed by atoms with Crippen LogP contribution in [0.1, 0.15) is 20.3 Å². The van der Waals surface area contributed by atoms with Gasteiger partial charge in [-0.1, -0.05) is 0 Å². The van der Waals surface area contributed by atoms with E-state index >= 15 is 0 Å². The lowest BCUT2D eigenvalue weighted by Crippen LogP contribution is -2.35. The zero-order valence-corrected chi connectivity index (χ0v) is 10.0. The van der Waals surface area contributed by atoms with Gasteiger partial charge < -0.3 is 10.1 Å². The summed E-state index contributed by atoms with van der Waals surface area (Å²) in [5.74, 6) is -0.227. The Labute approximate surface area is 87.9 Å². The van der Waals surface area contributed by atoms with Crippen molar-refractivity contribution in [3.8, 4) is 0 Å². The number of hydrogen-bond acceptors (Lipinski definition) is 4. The molecule has 0 aromatic heterocycles. The van der Waals surface area contributed by atoms with E-state index in [1.54, 1.807) is 6.26 Å². The van der Waals surface area contributed by atoms with Crippen LogP contribution in [0.4, 0.5) is 0 Å². The number of methoxy groups -OCH3 is 1. The fourth-order valence-corrected chi connectivity index (χ4v) is 1.22. The van der Waals surface area contributed by atoms with Crippen LogP contribution < -0.4 is 5.32 Å². The number of esters is 1. The Morgan fingerprint density at radius 3 is 2.50 bits per heavy atom. The Balaban J connectivity index is 3.68. The van der Waals surface area contributed by atoms with Crippen LogP contribution in [0.15, 0.2) is 0 Å². The van der Waals surface area contributed by atoms with Crippen LogP contribution in [0, 0.1) is 0 Å². The Morgan fingerprint density at radius 2 is 2.07 bits per heavy atom. The minimum absolute atomic E-state index is 0.0634. The number of carbonyl (C=O) groups excluding carboxylic acids is 1. The molecule has 0 aliphatic carbocycles. The minimum Gasteiger partial charge on any atom is -0.469 e. The summed E-state index contributed by atoms with van der Waals surface area (Å²) < 4.78 is 15.6. The molecule has 0 aromatic rings. The lowest BCUT2D eigenvalue weighted by molar-refractivity contribution is -0.141. The van der Waals surface area contributed by atoms with E-state index in [-0.39, 0.29) is 17.3 Å². The molecule has 0 saturated heterocycles. The van der Waals surface area contributed by atoms with E-state index < -0.39 is 10.8 Å². The van der Waals surface area contributed by atoms with Gasteiger partial charge >= 0.3 is 5.97 Å². The van der Waals surface area contributed by atoms with E-state index in [4.69, 9.17) is 0 Å². The van der Waals surface area contributed by atoms with Gasteiger partial charge in [0.05, 0.1) is 13.5 Å². The Kier molecular flexibility index (Phi) is 6.74. The number of nitrogens with one attached hydrogen (secondary N) is 1. The first-order valence-corrected chi connectivity index (χ1v) is 6.22. The maximum Gasteiger partial charge on any atom is 0.307 e. The molecule has 0 heterocycles. The second-order valence-corrected chi connectivity index (χ2v) is 5.20. The number of rotatable bonds is 6. The molecule has 1 N–H and O–H groups in total. The first-order chi connectivity index (χ1) is 6.47. The van der Waals surface area contributed by atoms with E-state index in [0.717, 1.165) is 0 Å². The molecule has 84 valence electrons. The quantitative estimate of drug-likeness (QED) is 0.655. The number of carbonyl (C=O) groups is 1. The minimum atomic E-state index is -0.820. The van der Waals surface area contributed by atoms with Crippen LogP contribution in [-0.4, -0.2) is 41.4 Å². The predicted molar refractivity (Wildman–Crippen MR) is 57.6 cm³/mol. The first kappa shape index (κ1) is 13.6. The lowest BCUT2D eigenvalue weighted by Gasteiger charge is -2.15. The summed E-state index contributed by atoms with van der Waals surface area (Å²) in [5.41, 5.74) is 0. The van der Waals surface area contributed by atoms with Crippen molar-refractivity contribution in [3.63, 3.8) is 0 Å². The standard InChI is InChI=1S/C9H19NO3S/c1-7(5-9(11)13-3)10-6-8(2)14(4)12/h7-8,10H,5-6H2,1-4H3. The molecular weight excluding hydrogens is 202 g/mol. The van der Waals surface area contributed by atoms with Crippen molar-refractivity contribution in [3.05, 3.63) is 0 Å². The van der Waals surface area contributed by atoms with E-state index in [2.05, 4.69) is 10.1 Å². The Morgan fingerprint density at radius 1 is 1.50 bits per heavy atom. The molecule has 0 radical (unpaired) electrons. The summed E-state index contributed by atoms with van der Waals surface area (Å²) in [7, 11) is 0.554. The highest BCUT2D eigenvalue weighted by atomic mass is 32.2. The van der Waals surface area contributed by atoms with Gasteiger partial charge in [0, 0.05) is 34.9 Å². The van der Waals surface area contributed by atoms with Gasteiger partial charge in [-0.05, 0) is 13.8 Å². The van der Waals surface area contributed by atoms with Crippen LogP contribution in [0.5, 0.6) is 0 Å². The second kappa shape index (κ2) is 6.95. The second-order valence-electron chi connectivity index (χ2n) is 3.40. The molecule has 0 bridgehead atoms. The molecule has 0 rings (SSSR count). The molecule has 5 heteroatoms. The molecule has 3 atom stereocenters. The fourth-order valence-electron chi connectivity index (χ4n) is 0.890. The summed E-state index contributed by atoms with van der Waals surface area (Å²) >= 11 is 0. The normalized spacial score (nSPS) is 17.1. The Bertz CT molecular complexity index is 208. The highest BCUT2D eigenvalue weighted by Gasteiger charge is 2.11. The summed E-state index contributed by atoms with van der Waals surface area (Å²) in [6.07, 6.45) is 2.02. The van der Waals surface area contributed by atoms with Gasteiger partial charge in [0.15, 0.2) is 0 Å². The lowest BCUT2D eigenvalue weighted by atomic mass is 10.2. The third kappa shape index (κ3) is 6.10. The van der Waals surface area contributed by atoms with Crippen LogP contribution in [0.25, 0.3) is 0 Å². The smallest absolute Gasteiger partial charge is 0.307 e. The van der Waals surface area contributed by atoms with Gasteiger partial charge in [0.1, 0.15) is 0 Å². The van der Waals surface area contributed by atoms with E-state index in [1.807, 2.05) is 13.8 Å². The van der Waals surface area contributed by atoms with Crippen molar-refractivity contribution in [2.24, 2.45) is 0 Å². The fraction of sp³-hybridized carbons (Fsp3) is 0.889. The molecule has 3 unspecified atom stereocenters. The maximum absolute atomic E-state index is 11.0. The van der Waals surface area contributed by atoms with Crippen molar-refractivity contribution in [1.82, 2.24) is 5.32 Å². The van der Waals surface area contributed by atoms with Crippen molar-refractivity contribution < 1.29 is 13.7 Å². The number of ether oxygens (including phenoxy) is 1. The SMILES string of the molecule is COC(=O)CC(C)NCC(C)S(C)=O. The van der Waals surface area contributed by atoms with E-state index in [0.29, 0.717) is 13.0 Å². The topological polar surface area (TPSA) is 55.4 Å². The molecule has 0 aromatic carbocycles.